The first-order chi connectivity index (χ1) is 10.6. The van der Waals surface area contributed by atoms with Crippen LogP contribution in [-0.2, 0) is 0 Å². The first-order valence-corrected chi connectivity index (χ1v) is 7.83. The zero-order valence-electron chi connectivity index (χ0n) is 12.6. The highest BCUT2D eigenvalue weighted by Gasteiger charge is 2.14. The number of nitrogens with zero attached hydrogens (tertiary/aromatic N) is 2. The first-order valence-electron chi connectivity index (χ1n) is 7.45. The molecule has 1 heterocycles. The van der Waals surface area contributed by atoms with E-state index in [-0.39, 0.29) is 11.9 Å². The van der Waals surface area contributed by atoms with Crippen LogP contribution < -0.4 is 11.1 Å². The van der Waals surface area contributed by atoms with Crippen molar-refractivity contribution in [1.29, 1.82) is 0 Å². The van der Waals surface area contributed by atoms with E-state index >= 15 is 0 Å². The number of halogens is 1. The van der Waals surface area contributed by atoms with Crippen LogP contribution in [0.4, 0.5) is 0 Å². The topological polar surface area (TPSA) is 72.9 Å². The molecule has 0 fully saturated rings. The maximum atomic E-state index is 12.2. The number of carbonyl (C=O) groups is 1. The molecule has 6 heteroatoms. The molecule has 0 spiro atoms. The maximum Gasteiger partial charge on any atom is 0.254 e. The molecular weight excluding hydrogens is 300 g/mol. The van der Waals surface area contributed by atoms with Crippen LogP contribution >= 0.6 is 11.6 Å². The molecule has 0 radical (unpaired) electrons. The van der Waals surface area contributed by atoms with Crippen LogP contribution in [0.5, 0.6) is 0 Å². The van der Waals surface area contributed by atoms with E-state index in [0.29, 0.717) is 17.1 Å². The summed E-state index contributed by atoms with van der Waals surface area (Å²) >= 11 is 5.86. The highest BCUT2D eigenvalue weighted by Crippen LogP contribution is 2.13. The lowest BCUT2D eigenvalue weighted by Crippen LogP contribution is -2.40. The van der Waals surface area contributed by atoms with Gasteiger partial charge in [0.1, 0.15) is 0 Å². The summed E-state index contributed by atoms with van der Waals surface area (Å²) in [7, 11) is 0. The van der Waals surface area contributed by atoms with Crippen LogP contribution in [0.25, 0.3) is 5.69 Å². The maximum absolute atomic E-state index is 12.2. The Labute approximate surface area is 135 Å². The van der Waals surface area contributed by atoms with Gasteiger partial charge in [0.25, 0.3) is 5.91 Å². The highest BCUT2D eigenvalue weighted by molar-refractivity contribution is 6.30. The number of unbranched alkanes of at least 4 members (excludes halogenated alkanes) is 1. The molecule has 1 unspecified atom stereocenters. The minimum Gasteiger partial charge on any atom is -0.348 e. The predicted molar refractivity (Wildman–Crippen MR) is 88.4 cm³/mol. The lowest BCUT2D eigenvalue weighted by atomic mass is 10.1. The Kier molecular flexibility index (Phi) is 5.98. The van der Waals surface area contributed by atoms with Gasteiger partial charge in [-0.2, -0.15) is 5.10 Å². The van der Waals surface area contributed by atoms with Crippen molar-refractivity contribution < 1.29 is 4.79 Å². The molecule has 1 atom stereocenters. The second-order valence-electron chi connectivity index (χ2n) is 5.20. The van der Waals surface area contributed by atoms with Gasteiger partial charge in [0.05, 0.1) is 17.4 Å². The van der Waals surface area contributed by atoms with Crippen molar-refractivity contribution in [2.45, 2.75) is 32.2 Å². The fourth-order valence-corrected chi connectivity index (χ4v) is 2.27. The Morgan fingerprint density at radius 3 is 2.77 bits per heavy atom. The number of hydrogen-bond donors (Lipinski definition) is 2. The Morgan fingerprint density at radius 2 is 2.14 bits per heavy atom. The van der Waals surface area contributed by atoms with Crippen molar-refractivity contribution in [3.8, 4) is 5.69 Å². The Balaban J connectivity index is 2.03. The number of carbonyl (C=O) groups excluding carboxylic acids is 1. The molecular formula is C16H21ClN4O. The first kappa shape index (κ1) is 16.5. The van der Waals surface area contributed by atoms with Crippen LogP contribution in [0.15, 0.2) is 36.7 Å². The molecule has 5 nitrogen and oxygen atoms in total. The second kappa shape index (κ2) is 7.96. The minimum absolute atomic E-state index is 0.00586. The molecule has 0 aliphatic rings. The second-order valence-corrected chi connectivity index (χ2v) is 5.63. The fourth-order valence-electron chi connectivity index (χ4n) is 2.14. The number of hydrogen-bond acceptors (Lipinski definition) is 3. The van der Waals surface area contributed by atoms with E-state index in [1.807, 2.05) is 12.1 Å². The van der Waals surface area contributed by atoms with E-state index in [0.717, 1.165) is 24.9 Å². The zero-order valence-corrected chi connectivity index (χ0v) is 13.4. The summed E-state index contributed by atoms with van der Waals surface area (Å²) in [6.07, 6.45) is 6.28. The molecule has 0 saturated carbocycles. The summed E-state index contributed by atoms with van der Waals surface area (Å²) in [5.41, 5.74) is 7.07. The van der Waals surface area contributed by atoms with Crippen molar-refractivity contribution in [2.75, 3.05) is 6.54 Å². The monoisotopic (exact) mass is 320 g/mol. The molecule has 1 aromatic carbocycles. The fraction of sp³-hybridized carbons (Fsp3) is 0.375. The van der Waals surface area contributed by atoms with Gasteiger partial charge in [0.2, 0.25) is 0 Å². The molecule has 0 saturated heterocycles. The van der Waals surface area contributed by atoms with E-state index in [2.05, 4.69) is 17.3 Å². The van der Waals surface area contributed by atoms with Gasteiger partial charge in [-0.05, 0) is 30.7 Å². The summed E-state index contributed by atoms with van der Waals surface area (Å²) in [4.78, 5) is 12.2. The normalized spacial score (nSPS) is 12.1. The van der Waals surface area contributed by atoms with Crippen LogP contribution in [0.3, 0.4) is 0 Å². The number of amides is 1. The third-order valence-corrected chi connectivity index (χ3v) is 3.71. The molecule has 0 aliphatic carbocycles. The van der Waals surface area contributed by atoms with Gasteiger partial charge in [0, 0.05) is 23.8 Å². The highest BCUT2D eigenvalue weighted by atomic mass is 35.5. The SMILES string of the molecule is CCCCC(CN)NC(=O)c1cnn(-c2ccc(Cl)cc2)c1. The number of aromatic nitrogens is 2. The van der Waals surface area contributed by atoms with Crippen LogP contribution in [0.1, 0.15) is 36.5 Å². The van der Waals surface area contributed by atoms with E-state index in [4.69, 9.17) is 17.3 Å². The molecule has 2 aromatic rings. The van der Waals surface area contributed by atoms with Gasteiger partial charge in [-0.25, -0.2) is 4.68 Å². The van der Waals surface area contributed by atoms with Crippen molar-refractivity contribution in [3.05, 3.63) is 47.2 Å². The van der Waals surface area contributed by atoms with Crippen molar-refractivity contribution in [3.63, 3.8) is 0 Å². The number of nitrogens with two attached hydrogens (primary N) is 1. The third-order valence-electron chi connectivity index (χ3n) is 3.46. The molecule has 0 bridgehead atoms. The van der Waals surface area contributed by atoms with E-state index < -0.39 is 0 Å². The Bertz CT molecular complexity index is 609. The predicted octanol–water partition coefficient (Wildman–Crippen LogP) is 2.77. The van der Waals surface area contributed by atoms with E-state index in [1.165, 1.54) is 0 Å². The number of rotatable bonds is 7. The Morgan fingerprint density at radius 1 is 1.41 bits per heavy atom. The molecule has 118 valence electrons. The van der Waals surface area contributed by atoms with Crippen molar-refractivity contribution in [1.82, 2.24) is 15.1 Å². The van der Waals surface area contributed by atoms with Crippen LogP contribution in [0.2, 0.25) is 5.02 Å². The van der Waals surface area contributed by atoms with Crippen molar-refractivity contribution in [2.24, 2.45) is 5.73 Å². The lowest BCUT2D eigenvalue weighted by Gasteiger charge is -2.15. The molecule has 1 aromatic heterocycles. The molecule has 22 heavy (non-hydrogen) atoms. The van der Waals surface area contributed by atoms with Gasteiger partial charge >= 0.3 is 0 Å². The summed E-state index contributed by atoms with van der Waals surface area (Å²) in [5.74, 6) is -0.147. The molecule has 1 amide bonds. The van der Waals surface area contributed by atoms with Crippen LogP contribution in [0, 0.1) is 0 Å². The van der Waals surface area contributed by atoms with Gasteiger partial charge in [-0.15, -0.1) is 0 Å². The van der Waals surface area contributed by atoms with E-state index in [9.17, 15) is 4.79 Å². The summed E-state index contributed by atoms with van der Waals surface area (Å²) in [6.45, 7) is 2.56. The molecule has 2 rings (SSSR count). The molecule has 3 N–H and O–H groups in total. The number of benzene rings is 1. The quantitative estimate of drug-likeness (QED) is 0.824. The standard InChI is InChI=1S/C16H21ClN4O/c1-2-3-4-14(9-18)20-16(22)12-10-19-21(11-12)15-7-5-13(17)6-8-15/h5-8,10-11,14H,2-4,9,18H2,1H3,(H,20,22). The average molecular weight is 321 g/mol. The van der Waals surface area contributed by atoms with Gasteiger partial charge < -0.3 is 11.1 Å². The summed E-state index contributed by atoms with van der Waals surface area (Å²) in [5, 5.41) is 7.83. The van der Waals surface area contributed by atoms with Crippen LogP contribution in [-0.4, -0.2) is 28.3 Å². The van der Waals surface area contributed by atoms with Gasteiger partial charge in [-0.3, -0.25) is 4.79 Å². The Hall–Kier alpha value is -1.85. The third kappa shape index (κ3) is 4.32. The van der Waals surface area contributed by atoms with Gasteiger partial charge in [0.15, 0.2) is 0 Å². The summed E-state index contributed by atoms with van der Waals surface area (Å²) in [6, 6.07) is 7.27. The van der Waals surface area contributed by atoms with E-state index in [1.54, 1.807) is 29.2 Å². The zero-order chi connectivity index (χ0) is 15.9. The number of nitrogens with one attached hydrogen (secondary N) is 1. The largest absolute Gasteiger partial charge is 0.348 e. The van der Waals surface area contributed by atoms with Crippen molar-refractivity contribution >= 4 is 17.5 Å². The molecule has 0 aliphatic heterocycles. The summed E-state index contributed by atoms with van der Waals surface area (Å²) < 4.78 is 1.65. The minimum atomic E-state index is -0.147. The lowest BCUT2D eigenvalue weighted by molar-refractivity contribution is 0.0936. The average Bonchev–Trinajstić information content (AvgIpc) is 3.02. The van der Waals surface area contributed by atoms with Gasteiger partial charge in [-0.1, -0.05) is 31.4 Å². The smallest absolute Gasteiger partial charge is 0.254 e.